The molecule has 0 fully saturated rings. The van der Waals surface area contributed by atoms with Crippen molar-refractivity contribution in [2.75, 3.05) is 33.4 Å². The maximum absolute atomic E-state index is 10.3. The van der Waals surface area contributed by atoms with Crippen molar-refractivity contribution in [1.82, 2.24) is 10.6 Å². The van der Waals surface area contributed by atoms with Crippen LogP contribution in [0.15, 0.2) is 0 Å². The van der Waals surface area contributed by atoms with Crippen molar-refractivity contribution in [2.24, 2.45) is 0 Å². The topological polar surface area (TPSA) is 50.4 Å². The van der Waals surface area contributed by atoms with Crippen LogP contribution in [0.3, 0.4) is 0 Å². The summed E-state index contributed by atoms with van der Waals surface area (Å²) in [4.78, 5) is 10.3. The van der Waals surface area contributed by atoms with Gasteiger partial charge in [0.1, 0.15) is 0 Å². The Hall–Kier alpha value is 0.120. The highest BCUT2D eigenvalue weighted by atomic mass is 127. The van der Waals surface area contributed by atoms with Gasteiger partial charge in [0.15, 0.2) is 0 Å². The summed E-state index contributed by atoms with van der Waals surface area (Å²) in [6.45, 7) is 2.70. The Balaban J connectivity index is 2.85. The predicted molar refractivity (Wildman–Crippen MR) is 52.2 cm³/mol. The number of carbonyl (C=O) groups excluding carboxylic acids is 1. The molecule has 0 spiro atoms. The summed E-state index contributed by atoms with van der Waals surface area (Å²) in [5.74, 6) is 0. The number of amides is 1. The van der Waals surface area contributed by atoms with Gasteiger partial charge in [-0.15, -0.1) is 0 Å². The molecule has 1 amide bonds. The first-order valence-corrected chi connectivity index (χ1v) is 4.51. The summed E-state index contributed by atoms with van der Waals surface area (Å²) in [7, 11) is 1.87. The van der Waals surface area contributed by atoms with Crippen LogP contribution < -0.4 is 10.6 Å². The molecule has 0 saturated carbocycles. The van der Waals surface area contributed by atoms with Gasteiger partial charge >= 0.3 is 0 Å². The van der Waals surface area contributed by atoms with Crippen LogP contribution in [0.5, 0.6) is 0 Å². The lowest BCUT2D eigenvalue weighted by atomic mass is 10.6. The van der Waals surface area contributed by atoms with E-state index in [-0.39, 0.29) is 3.91 Å². The molecule has 0 saturated heterocycles. The first-order valence-electron chi connectivity index (χ1n) is 3.43. The molecule has 0 aromatic carbocycles. The van der Waals surface area contributed by atoms with Gasteiger partial charge in [0.25, 0.3) is 3.91 Å². The summed E-state index contributed by atoms with van der Waals surface area (Å²) >= 11 is 1.69. The molecular formula is C6H13IN2O2. The zero-order chi connectivity index (χ0) is 8.53. The first kappa shape index (κ1) is 11.1. The maximum Gasteiger partial charge on any atom is 0.280 e. The standard InChI is InChI=1S/C6H13IN2O2/c1-8-2-4-11-5-3-9-6(7)10/h8H,2-5H2,1H3,(H,9,10). The monoisotopic (exact) mass is 272 g/mol. The van der Waals surface area contributed by atoms with Gasteiger partial charge in [-0.1, -0.05) is 0 Å². The van der Waals surface area contributed by atoms with Crippen molar-refractivity contribution in [3.05, 3.63) is 0 Å². The van der Waals surface area contributed by atoms with Crippen LogP contribution in [0.4, 0.5) is 4.79 Å². The molecule has 66 valence electrons. The molecule has 0 unspecified atom stereocenters. The quantitative estimate of drug-likeness (QED) is 0.318. The van der Waals surface area contributed by atoms with Gasteiger partial charge < -0.3 is 15.4 Å². The molecule has 5 heteroatoms. The van der Waals surface area contributed by atoms with Gasteiger partial charge in [0.2, 0.25) is 0 Å². The zero-order valence-corrected chi connectivity index (χ0v) is 8.68. The molecule has 2 N–H and O–H groups in total. The molecule has 0 aromatic heterocycles. The third-order valence-corrected chi connectivity index (χ3v) is 1.39. The van der Waals surface area contributed by atoms with Gasteiger partial charge in [0, 0.05) is 35.7 Å². The number of carbonyl (C=O) groups is 1. The van der Waals surface area contributed by atoms with E-state index in [1.165, 1.54) is 0 Å². The van der Waals surface area contributed by atoms with Gasteiger partial charge in [-0.05, 0) is 7.05 Å². The number of ether oxygens (including phenoxy) is 1. The average molecular weight is 272 g/mol. The second-order valence-corrected chi connectivity index (χ2v) is 2.90. The molecule has 0 bridgehead atoms. The number of likely N-dealkylation sites (N-methyl/N-ethyl adjacent to an activating group) is 1. The summed E-state index contributed by atoms with van der Waals surface area (Å²) in [5.41, 5.74) is 0. The molecule has 0 radical (unpaired) electrons. The average Bonchev–Trinajstić information content (AvgIpc) is 1.96. The van der Waals surface area contributed by atoms with E-state index in [1.807, 2.05) is 7.05 Å². The minimum Gasteiger partial charge on any atom is -0.378 e. The predicted octanol–water partition coefficient (Wildman–Crippen LogP) is 0.367. The SMILES string of the molecule is CNCCOCCNC(=O)I. The number of nitrogens with one attached hydrogen (secondary N) is 2. The van der Waals surface area contributed by atoms with Gasteiger partial charge in [-0.3, -0.25) is 4.79 Å². The fourth-order valence-corrected chi connectivity index (χ4v) is 0.767. The Bertz CT molecular complexity index is 111. The van der Waals surface area contributed by atoms with Gasteiger partial charge in [-0.25, -0.2) is 0 Å². The van der Waals surface area contributed by atoms with Crippen LogP contribution in [-0.4, -0.2) is 37.3 Å². The lowest BCUT2D eigenvalue weighted by Gasteiger charge is -2.02. The molecule has 0 aliphatic carbocycles. The van der Waals surface area contributed by atoms with E-state index in [0.717, 1.165) is 6.54 Å². The largest absolute Gasteiger partial charge is 0.378 e. The highest BCUT2D eigenvalue weighted by Gasteiger charge is 1.90. The lowest BCUT2D eigenvalue weighted by Crippen LogP contribution is -2.23. The summed E-state index contributed by atoms with van der Waals surface area (Å²) in [6, 6.07) is 0. The van der Waals surface area contributed by atoms with Crippen LogP contribution in [-0.2, 0) is 4.74 Å². The Labute approximate surface area is 80.2 Å². The van der Waals surface area contributed by atoms with Crippen LogP contribution in [0.25, 0.3) is 0 Å². The lowest BCUT2D eigenvalue weighted by molar-refractivity contribution is 0.140. The fourth-order valence-electron chi connectivity index (χ4n) is 0.498. The Morgan fingerprint density at radius 2 is 2.09 bits per heavy atom. The molecule has 0 aliphatic heterocycles. The van der Waals surface area contributed by atoms with Crippen molar-refractivity contribution in [3.63, 3.8) is 0 Å². The van der Waals surface area contributed by atoms with E-state index in [1.54, 1.807) is 22.6 Å². The molecular weight excluding hydrogens is 259 g/mol. The van der Waals surface area contributed by atoms with Crippen LogP contribution in [0, 0.1) is 0 Å². The third-order valence-electron chi connectivity index (χ3n) is 1.01. The summed E-state index contributed by atoms with van der Waals surface area (Å²) < 4.78 is 5.10. The second kappa shape index (κ2) is 8.22. The van der Waals surface area contributed by atoms with Gasteiger partial charge in [-0.2, -0.15) is 0 Å². The van der Waals surface area contributed by atoms with E-state index in [2.05, 4.69) is 10.6 Å². The van der Waals surface area contributed by atoms with Crippen molar-refractivity contribution in [3.8, 4) is 0 Å². The zero-order valence-electron chi connectivity index (χ0n) is 6.52. The Morgan fingerprint density at radius 1 is 1.45 bits per heavy atom. The van der Waals surface area contributed by atoms with E-state index >= 15 is 0 Å². The number of hydrogen-bond donors (Lipinski definition) is 2. The highest BCUT2D eigenvalue weighted by molar-refractivity contribution is 14.1. The van der Waals surface area contributed by atoms with Crippen molar-refractivity contribution >= 4 is 26.5 Å². The molecule has 11 heavy (non-hydrogen) atoms. The van der Waals surface area contributed by atoms with Gasteiger partial charge in [0.05, 0.1) is 13.2 Å². The normalized spacial score (nSPS) is 9.64. The fraction of sp³-hybridized carbons (Fsp3) is 0.833. The van der Waals surface area contributed by atoms with Crippen LogP contribution in [0.1, 0.15) is 0 Å². The number of hydrogen-bond acceptors (Lipinski definition) is 3. The van der Waals surface area contributed by atoms with E-state index in [4.69, 9.17) is 4.74 Å². The smallest absolute Gasteiger partial charge is 0.280 e. The second-order valence-electron chi connectivity index (χ2n) is 1.92. The first-order chi connectivity index (χ1) is 5.27. The van der Waals surface area contributed by atoms with E-state index < -0.39 is 0 Å². The molecule has 0 rings (SSSR count). The van der Waals surface area contributed by atoms with Crippen molar-refractivity contribution in [2.45, 2.75) is 0 Å². The third kappa shape index (κ3) is 10.1. The minimum absolute atomic E-state index is 0.0418. The maximum atomic E-state index is 10.3. The molecule has 0 atom stereocenters. The van der Waals surface area contributed by atoms with Crippen molar-refractivity contribution in [1.29, 1.82) is 0 Å². The minimum atomic E-state index is -0.0418. The molecule has 0 aliphatic rings. The number of rotatable bonds is 6. The summed E-state index contributed by atoms with van der Waals surface area (Å²) in [5, 5.41) is 5.58. The number of halogens is 1. The van der Waals surface area contributed by atoms with Crippen molar-refractivity contribution < 1.29 is 9.53 Å². The Kier molecular flexibility index (Phi) is 8.31. The molecule has 0 aromatic rings. The molecule has 0 heterocycles. The molecule has 4 nitrogen and oxygen atoms in total. The summed E-state index contributed by atoms with van der Waals surface area (Å²) in [6.07, 6.45) is 0. The van der Waals surface area contributed by atoms with Crippen LogP contribution >= 0.6 is 22.6 Å². The van der Waals surface area contributed by atoms with E-state index in [0.29, 0.717) is 19.8 Å². The van der Waals surface area contributed by atoms with E-state index in [9.17, 15) is 4.79 Å². The van der Waals surface area contributed by atoms with Crippen LogP contribution in [0.2, 0.25) is 0 Å². The highest BCUT2D eigenvalue weighted by Crippen LogP contribution is 1.81. The Morgan fingerprint density at radius 3 is 2.64 bits per heavy atom.